The van der Waals surface area contributed by atoms with Crippen molar-refractivity contribution in [3.63, 3.8) is 0 Å². The molecule has 25 heavy (non-hydrogen) atoms. The topological polar surface area (TPSA) is 70.8 Å². The van der Waals surface area contributed by atoms with Crippen LogP contribution in [0.25, 0.3) is 0 Å². The summed E-state index contributed by atoms with van der Waals surface area (Å²) in [7, 11) is 0. The number of nitrogens with one attached hydrogen (secondary N) is 1. The number of hydrogen-bond acceptors (Lipinski definition) is 5. The SMILES string of the molecule is N#Cc1cc2c(nc1N[C@@H]1COC[C@H]1Cc1ccncc1)CCCC2. The van der Waals surface area contributed by atoms with Crippen molar-refractivity contribution in [1.82, 2.24) is 9.97 Å². The Balaban J connectivity index is 1.53. The summed E-state index contributed by atoms with van der Waals surface area (Å²) in [4.78, 5) is 8.87. The Morgan fingerprint density at radius 1 is 1.20 bits per heavy atom. The molecule has 0 aromatic carbocycles. The van der Waals surface area contributed by atoms with Gasteiger partial charge < -0.3 is 10.1 Å². The van der Waals surface area contributed by atoms with Gasteiger partial charge in [-0.15, -0.1) is 0 Å². The Morgan fingerprint density at radius 2 is 2.04 bits per heavy atom. The molecule has 0 radical (unpaired) electrons. The van der Waals surface area contributed by atoms with Crippen LogP contribution in [0, 0.1) is 17.2 Å². The minimum absolute atomic E-state index is 0.175. The van der Waals surface area contributed by atoms with Gasteiger partial charge in [0.2, 0.25) is 0 Å². The monoisotopic (exact) mass is 334 g/mol. The highest BCUT2D eigenvalue weighted by molar-refractivity contribution is 5.55. The Hall–Kier alpha value is -2.45. The Bertz CT molecular complexity index is 784. The van der Waals surface area contributed by atoms with E-state index in [2.05, 4.69) is 16.4 Å². The first-order chi connectivity index (χ1) is 12.3. The van der Waals surface area contributed by atoms with Gasteiger partial charge in [0.15, 0.2) is 0 Å². The molecule has 0 unspecified atom stereocenters. The second-order valence-electron chi connectivity index (χ2n) is 6.92. The maximum absolute atomic E-state index is 9.53. The van der Waals surface area contributed by atoms with E-state index in [0.29, 0.717) is 18.1 Å². The average molecular weight is 334 g/mol. The van der Waals surface area contributed by atoms with Crippen LogP contribution in [0.15, 0.2) is 30.6 Å². The summed E-state index contributed by atoms with van der Waals surface area (Å²) in [6.45, 7) is 1.38. The van der Waals surface area contributed by atoms with Crippen molar-refractivity contribution in [3.05, 3.63) is 53.0 Å². The summed E-state index contributed by atoms with van der Waals surface area (Å²) in [5.41, 5.74) is 4.30. The zero-order valence-electron chi connectivity index (χ0n) is 14.2. The Morgan fingerprint density at radius 3 is 2.88 bits per heavy atom. The molecule has 3 heterocycles. The molecule has 0 saturated carbocycles. The highest BCUT2D eigenvalue weighted by Crippen LogP contribution is 2.27. The number of nitrogens with zero attached hydrogens (tertiary/aromatic N) is 3. The van der Waals surface area contributed by atoms with Crippen LogP contribution in [0.2, 0.25) is 0 Å². The summed E-state index contributed by atoms with van der Waals surface area (Å²) < 4.78 is 5.71. The molecule has 2 aromatic heterocycles. The van der Waals surface area contributed by atoms with Crippen molar-refractivity contribution in [1.29, 1.82) is 5.26 Å². The van der Waals surface area contributed by atoms with Gasteiger partial charge in [-0.05, 0) is 61.4 Å². The number of nitriles is 1. The van der Waals surface area contributed by atoms with Crippen molar-refractivity contribution < 1.29 is 4.74 Å². The Kier molecular flexibility index (Phi) is 4.62. The van der Waals surface area contributed by atoms with E-state index in [0.717, 1.165) is 37.4 Å². The van der Waals surface area contributed by atoms with Crippen LogP contribution in [-0.2, 0) is 24.0 Å². The molecule has 5 heteroatoms. The predicted octanol–water partition coefficient (Wildman–Crippen LogP) is 2.90. The molecule has 1 N–H and O–H groups in total. The number of pyridine rings is 2. The quantitative estimate of drug-likeness (QED) is 0.931. The maximum Gasteiger partial charge on any atom is 0.144 e. The van der Waals surface area contributed by atoms with Gasteiger partial charge in [0.1, 0.15) is 11.9 Å². The van der Waals surface area contributed by atoms with Crippen LogP contribution in [0.5, 0.6) is 0 Å². The summed E-state index contributed by atoms with van der Waals surface area (Å²) in [6, 6.07) is 8.61. The lowest BCUT2D eigenvalue weighted by atomic mass is 9.94. The lowest BCUT2D eigenvalue weighted by molar-refractivity contribution is 0.185. The summed E-state index contributed by atoms with van der Waals surface area (Å²) in [6.07, 6.45) is 9.01. The van der Waals surface area contributed by atoms with Crippen molar-refractivity contribution in [2.24, 2.45) is 5.92 Å². The van der Waals surface area contributed by atoms with Crippen LogP contribution >= 0.6 is 0 Å². The van der Waals surface area contributed by atoms with Crippen LogP contribution in [0.1, 0.15) is 35.2 Å². The summed E-state index contributed by atoms with van der Waals surface area (Å²) in [5, 5.41) is 13.0. The van der Waals surface area contributed by atoms with E-state index in [4.69, 9.17) is 9.72 Å². The van der Waals surface area contributed by atoms with E-state index in [1.807, 2.05) is 30.6 Å². The van der Waals surface area contributed by atoms with E-state index >= 15 is 0 Å². The number of rotatable bonds is 4. The number of fused-ring (bicyclic) bond motifs is 1. The zero-order chi connectivity index (χ0) is 17.1. The minimum Gasteiger partial charge on any atom is -0.379 e. The first-order valence-corrected chi connectivity index (χ1v) is 8.99. The minimum atomic E-state index is 0.175. The molecule has 1 aliphatic heterocycles. The van der Waals surface area contributed by atoms with Gasteiger partial charge >= 0.3 is 0 Å². The van der Waals surface area contributed by atoms with E-state index in [1.165, 1.54) is 24.0 Å². The van der Waals surface area contributed by atoms with Crippen LogP contribution < -0.4 is 5.32 Å². The summed E-state index contributed by atoms with van der Waals surface area (Å²) >= 11 is 0. The highest BCUT2D eigenvalue weighted by atomic mass is 16.5. The fraction of sp³-hybridized carbons (Fsp3) is 0.450. The number of aryl methyl sites for hydroxylation is 2. The molecule has 1 fully saturated rings. The van der Waals surface area contributed by atoms with Gasteiger partial charge in [-0.3, -0.25) is 4.98 Å². The van der Waals surface area contributed by atoms with Crippen molar-refractivity contribution in [2.45, 2.75) is 38.1 Å². The molecule has 4 rings (SSSR count). The standard InChI is InChI=1S/C20H22N4O/c21-11-16-10-15-3-1-2-4-18(15)23-20(16)24-19-13-25-12-17(19)9-14-5-7-22-8-6-14/h5-8,10,17,19H,1-4,9,12-13H2,(H,23,24)/t17-,19-/m1/s1. The van der Waals surface area contributed by atoms with Crippen molar-refractivity contribution in [3.8, 4) is 6.07 Å². The van der Waals surface area contributed by atoms with E-state index < -0.39 is 0 Å². The third-order valence-electron chi connectivity index (χ3n) is 5.19. The number of hydrogen-bond donors (Lipinski definition) is 1. The maximum atomic E-state index is 9.53. The van der Waals surface area contributed by atoms with Crippen LogP contribution in [0.4, 0.5) is 5.82 Å². The molecule has 0 spiro atoms. The third kappa shape index (κ3) is 3.49. The molecule has 2 aliphatic rings. The molecule has 1 saturated heterocycles. The zero-order valence-corrected chi connectivity index (χ0v) is 14.2. The fourth-order valence-corrected chi connectivity index (χ4v) is 3.79. The first kappa shape index (κ1) is 16.0. The lowest BCUT2D eigenvalue weighted by Crippen LogP contribution is -2.30. The van der Waals surface area contributed by atoms with Crippen molar-refractivity contribution >= 4 is 5.82 Å². The van der Waals surface area contributed by atoms with E-state index in [1.54, 1.807) is 0 Å². The van der Waals surface area contributed by atoms with Gasteiger partial charge in [0.25, 0.3) is 0 Å². The van der Waals surface area contributed by atoms with Crippen LogP contribution in [0.3, 0.4) is 0 Å². The van der Waals surface area contributed by atoms with Crippen molar-refractivity contribution in [2.75, 3.05) is 18.5 Å². The molecule has 1 aliphatic carbocycles. The largest absolute Gasteiger partial charge is 0.379 e. The molecular weight excluding hydrogens is 312 g/mol. The van der Waals surface area contributed by atoms with Gasteiger partial charge in [-0.2, -0.15) is 5.26 Å². The van der Waals surface area contributed by atoms with E-state index in [9.17, 15) is 5.26 Å². The first-order valence-electron chi connectivity index (χ1n) is 8.99. The molecule has 0 amide bonds. The van der Waals surface area contributed by atoms with Gasteiger partial charge in [0.05, 0.1) is 24.8 Å². The van der Waals surface area contributed by atoms with Crippen LogP contribution in [-0.4, -0.2) is 29.2 Å². The smallest absolute Gasteiger partial charge is 0.144 e. The second kappa shape index (κ2) is 7.20. The molecule has 0 bridgehead atoms. The average Bonchev–Trinajstić information content (AvgIpc) is 3.08. The lowest BCUT2D eigenvalue weighted by Gasteiger charge is -2.22. The predicted molar refractivity (Wildman–Crippen MR) is 95.3 cm³/mol. The Labute approximate surface area is 148 Å². The normalized spacial score (nSPS) is 22.2. The summed E-state index contributed by atoms with van der Waals surface area (Å²) in [5.74, 6) is 1.09. The number of anilines is 1. The van der Waals surface area contributed by atoms with Gasteiger partial charge in [-0.1, -0.05) is 0 Å². The molecular formula is C20H22N4O. The van der Waals surface area contributed by atoms with Gasteiger partial charge in [-0.25, -0.2) is 4.98 Å². The molecule has 128 valence electrons. The van der Waals surface area contributed by atoms with Gasteiger partial charge in [0, 0.05) is 24.0 Å². The molecule has 5 nitrogen and oxygen atoms in total. The second-order valence-corrected chi connectivity index (χ2v) is 6.92. The molecule has 2 aromatic rings. The highest BCUT2D eigenvalue weighted by Gasteiger charge is 2.29. The number of ether oxygens (including phenoxy) is 1. The molecule has 2 atom stereocenters. The fourth-order valence-electron chi connectivity index (χ4n) is 3.79. The third-order valence-corrected chi connectivity index (χ3v) is 5.19. The number of aromatic nitrogens is 2. The van der Waals surface area contributed by atoms with E-state index in [-0.39, 0.29) is 6.04 Å².